The predicted molar refractivity (Wildman–Crippen MR) is 59.6 cm³/mol. The zero-order chi connectivity index (χ0) is 8.85. The molecule has 0 spiro atoms. The number of hydrogen-bond donors (Lipinski definition) is 0. The first-order chi connectivity index (χ1) is 5.07. The maximum absolute atomic E-state index is 10.6. The molecule has 0 rings (SSSR count). The smallest absolute Gasteiger partial charge is 0.228 e. The second-order valence-corrected chi connectivity index (χ2v) is 6.21. The molecule has 0 fully saturated rings. The number of rotatable bonds is 5. The van der Waals surface area contributed by atoms with Crippen molar-refractivity contribution in [2.75, 3.05) is 0 Å². The fourth-order valence-corrected chi connectivity index (χ4v) is 3.35. The van der Waals surface area contributed by atoms with Crippen LogP contribution in [0.15, 0.2) is 0 Å². The second kappa shape index (κ2) is 6.64. The monoisotopic (exact) mass is 324 g/mol. The summed E-state index contributed by atoms with van der Waals surface area (Å²) in [7, 11) is 0.379. The highest BCUT2D eigenvalue weighted by molar-refractivity contribution is 14.1. The lowest BCUT2D eigenvalue weighted by atomic mass is 10.3. The quantitative estimate of drug-likeness (QED) is 0.333. The Morgan fingerprint density at radius 1 is 1.55 bits per heavy atom. The number of hydrogen-bond acceptors (Lipinski definition) is 2. The topological polar surface area (TPSA) is 34.1 Å². The molecule has 0 saturated carbocycles. The zero-order valence-electron chi connectivity index (χ0n) is 5.44. The van der Waals surface area contributed by atoms with Crippen molar-refractivity contribution in [2.45, 2.75) is 12.1 Å². The van der Waals surface area contributed by atoms with Gasteiger partial charge in [0.15, 0.2) is 0 Å². The Morgan fingerprint density at radius 2 is 2.09 bits per heavy atom. The maximum Gasteiger partial charge on any atom is 0.228 e. The lowest BCUT2D eigenvalue weighted by molar-refractivity contribution is -0.116. The molecule has 0 aliphatic carbocycles. The van der Waals surface area contributed by atoms with E-state index < -0.39 is 10.5 Å². The maximum atomic E-state index is 10.6. The van der Waals surface area contributed by atoms with Gasteiger partial charge >= 0.3 is 0 Å². The Hall–Kier alpha value is 1.14. The highest BCUT2D eigenvalue weighted by atomic mass is 127. The minimum absolute atomic E-state index is 0.0608. The molecule has 0 saturated heterocycles. The first-order valence-electron chi connectivity index (χ1n) is 2.75. The van der Waals surface area contributed by atoms with Gasteiger partial charge in [-0.05, 0) is 23.2 Å². The van der Waals surface area contributed by atoms with Crippen LogP contribution in [-0.4, -0.2) is 21.0 Å². The van der Waals surface area contributed by atoms with Crippen molar-refractivity contribution in [3.05, 3.63) is 0 Å². The normalized spacial score (nSPS) is 13.4. The van der Waals surface area contributed by atoms with Crippen LogP contribution in [0, 0.1) is 0 Å². The minimum atomic E-state index is -0.499. The molecule has 0 heterocycles. The van der Waals surface area contributed by atoms with Crippen LogP contribution >= 0.6 is 54.0 Å². The summed E-state index contributed by atoms with van der Waals surface area (Å²) < 4.78 is 0. The van der Waals surface area contributed by atoms with Gasteiger partial charge in [-0.2, -0.15) is 0 Å². The summed E-state index contributed by atoms with van der Waals surface area (Å²) in [6, 6.07) is 0. The molecule has 62 valence electrons. The van der Waals surface area contributed by atoms with Crippen molar-refractivity contribution in [2.24, 2.45) is 0 Å². The highest BCUT2D eigenvalue weighted by Crippen LogP contribution is 2.25. The van der Waals surface area contributed by atoms with E-state index >= 15 is 0 Å². The van der Waals surface area contributed by atoms with E-state index in [0.717, 1.165) is 4.86 Å². The fourth-order valence-electron chi connectivity index (χ4n) is 0.486. The van der Waals surface area contributed by atoms with Gasteiger partial charge in [-0.15, -0.1) is 30.8 Å². The summed E-state index contributed by atoms with van der Waals surface area (Å²) in [5, 5.41) is -0.963. The lowest BCUT2D eigenvalue weighted by Crippen LogP contribution is -2.13. The van der Waals surface area contributed by atoms with Crippen LogP contribution < -0.4 is 0 Å². The highest BCUT2D eigenvalue weighted by Gasteiger charge is 2.18. The Bertz CT molecular complexity index is 168. The molecule has 2 atom stereocenters. The van der Waals surface area contributed by atoms with Gasteiger partial charge in [-0.3, -0.25) is 9.59 Å². The van der Waals surface area contributed by atoms with Gasteiger partial charge < -0.3 is 0 Å². The van der Waals surface area contributed by atoms with Crippen LogP contribution in [0.25, 0.3) is 0 Å². The van der Waals surface area contributed by atoms with Crippen molar-refractivity contribution in [3.8, 4) is 0 Å². The van der Waals surface area contributed by atoms with E-state index in [1.807, 2.05) is 0 Å². The molecular formula is C4H5BCl2IO2P. The fraction of sp³-hybridized carbons (Fsp3) is 0.500. The first kappa shape index (κ1) is 12.1. The summed E-state index contributed by atoms with van der Waals surface area (Å²) in [5.41, 5.74) is -0.376. The molecular weight excluding hydrogens is 320 g/mol. The number of carbonyl (C=O) groups is 2. The first-order valence-corrected chi connectivity index (χ1v) is 6.31. The van der Waals surface area contributed by atoms with Gasteiger partial charge in [-0.25, -0.2) is 0 Å². The van der Waals surface area contributed by atoms with Crippen molar-refractivity contribution in [3.63, 3.8) is 0 Å². The lowest BCUT2D eigenvalue weighted by Gasteiger charge is -2.05. The van der Waals surface area contributed by atoms with Gasteiger partial charge in [0.25, 0.3) is 0 Å². The SMILES string of the molecule is O=C(Cl)CC(PBI)C(=O)Cl. The Kier molecular flexibility index (Phi) is 7.33. The standard InChI is InChI=1S/C4H5BCl2IO2P/c6-3(9)1-2(4(7)10)11-5-8/h2,5,11H,1H2. The minimum Gasteiger partial charge on any atom is -0.281 e. The molecule has 0 aliphatic heterocycles. The Balaban J connectivity index is 3.89. The molecule has 0 aromatic heterocycles. The van der Waals surface area contributed by atoms with Crippen LogP contribution in [0.3, 0.4) is 0 Å². The predicted octanol–water partition coefficient (Wildman–Crippen LogP) is 1.66. The van der Waals surface area contributed by atoms with E-state index in [2.05, 4.69) is 22.4 Å². The van der Waals surface area contributed by atoms with Crippen molar-refractivity contribution >= 4 is 69.4 Å². The molecule has 2 nitrogen and oxygen atoms in total. The summed E-state index contributed by atoms with van der Waals surface area (Å²) in [6.07, 6.45) is 0.0608. The second-order valence-electron chi connectivity index (χ2n) is 1.75. The summed E-state index contributed by atoms with van der Waals surface area (Å²) in [5.74, 6) is 0. The van der Waals surface area contributed by atoms with Crippen LogP contribution in [0.4, 0.5) is 0 Å². The number of halogens is 3. The third kappa shape index (κ3) is 6.32. The van der Waals surface area contributed by atoms with Gasteiger partial charge in [0.1, 0.15) is 0 Å². The van der Waals surface area contributed by atoms with Gasteiger partial charge in [0, 0.05) is 6.42 Å². The third-order valence-electron chi connectivity index (χ3n) is 0.962. The molecule has 2 unspecified atom stereocenters. The van der Waals surface area contributed by atoms with Crippen LogP contribution in [-0.2, 0) is 9.59 Å². The van der Waals surface area contributed by atoms with Crippen LogP contribution in [0.5, 0.6) is 0 Å². The van der Waals surface area contributed by atoms with Gasteiger partial charge in [0.2, 0.25) is 15.3 Å². The van der Waals surface area contributed by atoms with E-state index in [-0.39, 0.29) is 12.1 Å². The molecule has 7 heteroatoms. The summed E-state index contributed by atoms with van der Waals surface area (Å²) >= 11 is 12.5. The van der Waals surface area contributed by atoms with E-state index in [0.29, 0.717) is 8.46 Å². The largest absolute Gasteiger partial charge is 0.281 e. The zero-order valence-corrected chi connectivity index (χ0v) is 10.1. The summed E-state index contributed by atoms with van der Waals surface area (Å²) in [4.78, 5) is 21.8. The van der Waals surface area contributed by atoms with E-state index in [1.165, 1.54) is 0 Å². The van der Waals surface area contributed by atoms with Gasteiger partial charge in [0.05, 0.1) is 5.66 Å². The molecule has 0 aromatic rings. The molecule has 0 aromatic carbocycles. The van der Waals surface area contributed by atoms with Crippen molar-refractivity contribution in [1.29, 1.82) is 0 Å². The Labute approximate surface area is 90.6 Å². The third-order valence-corrected chi connectivity index (χ3v) is 4.00. The van der Waals surface area contributed by atoms with E-state index in [1.54, 1.807) is 0 Å². The molecule has 11 heavy (non-hydrogen) atoms. The van der Waals surface area contributed by atoms with E-state index in [9.17, 15) is 9.59 Å². The molecule has 0 bridgehead atoms. The average Bonchev–Trinajstić information content (AvgIpc) is 1.86. The average molecular weight is 325 g/mol. The van der Waals surface area contributed by atoms with E-state index in [4.69, 9.17) is 23.2 Å². The number of carbonyl (C=O) groups excluding carboxylic acids is 2. The molecule has 0 N–H and O–H groups in total. The molecule has 0 radical (unpaired) electrons. The van der Waals surface area contributed by atoms with Crippen LogP contribution in [0.2, 0.25) is 0 Å². The van der Waals surface area contributed by atoms with Crippen molar-refractivity contribution < 1.29 is 9.59 Å². The van der Waals surface area contributed by atoms with Gasteiger partial charge in [-0.1, -0.05) is 0 Å². The van der Waals surface area contributed by atoms with Crippen LogP contribution in [0.1, 0.15) is 6.42 Å². The molecule has 0 amide bonds. The molecule has 0 aliphatic rings. The summed E-state index contributed by atoms with van der Waals surface area (Å²) in [6.45, 7) is 0. The van der Waals surface area contributed by atoms with Crippen molar-refractivity contribution in [1.82, 2.24) is 0 Å². The Morgan fingerprint density at radius 3 is 2.36 bits per heavy atom.